The molecule has 0 aromatic carbocycles. The molecule has 0 radical (unpaired) electrons. The van der Waals surface area contributed by atoms with Crippen LogP contribution in [0.1, 0.15) is 6.92 Å². The molecule has 0 spiro atoms. The Morgan fingerprint density at radius 1 is 1.60 bits per heavy atom. The van der Waals surface area contributed by atoms with Crippen molar-refractivity contribution < 1.29 is 19.2 Å². The molecule has 0 aliphatic carbocycles. The Hall–Kier alpha value is -0.890. The highest BCUT2D eigenvalue weighted by Crippen LogP contribution is 2.13. The van der Waals surface area contributed by atoms with Crippen LogP contribution in [-0.2, 0) is 14.1 Å². The van der Waals surface area contributed by atoms with Crippen LogP contribution in [0.25, 0.3) is 0 Å². The second kappa shape index (κ2) is 4.01. The van der Waals surface area contributed by atoms with Crippen molar-refractivity contribution in [3.8, 4) is 0 Å². The first-order valence-corrected chi connectivity index (χ1v) is 3.26. The molecule has 0 amide bonds. The van der Waals surface area contributed by atoms with E-state index < -0.39 is 19.9 Å². The third-order valence-electron chi connectivity index (χ3n) is 0.913. The summed E-state index contributed by atoms with van der Waals surface area (Å²) in [4.78, 5) is 10.5. The first-order chi connectivity index (χ1) is 4.63. The van der Waals surface area contributed by atoms with E-state index in [0.29, 0.717) is 0 Å². The standard InChI is InChI=1S/C5H7O4P/c1-3(4(6)9-2)5(7)10-8/h7H,1-2H3. The van der Waals surface area contributed by atoms with Gasteiger partial charge in [0.15, 0.2) is 5.50 Å². The third kappa shape index (κ3) is 2.15. The molecule has 0 unspecified atom stereocenters. The lowest BCUT2D eigenvalue weighted by molar-refractivity contribution is -0.136. The Kier molecular flexibility index (Phi) is 3.65. The second-order valence-electron chi connectivity index (χ2n) is 1.53. The SMILES string of the molecule is COC(=O)C(C)=C(O)P=O. The van der Waals surface area contributed by atoms with Gasteiger partial charge in [0, 0.05) is 0 Å². The summed E-state index contributed by atoms with van der Waals surface area (Å²) in [6, 6.07) is 0. The van der Waals surface area contributed by atoms with Gasteiger partial charge in [-0.15, -0.1) is 0 Å². The minimum Gasteiger partial charge on any atom is -0.501 e. The number of carbonyl (C=O) groups excluding carboxylic acids is 1. The fourth-order valence-electron chi connectivity index (χ4n) is 0.313. The van der Waals surface area contributed by atoms with Crippen LogP contribution in [0, 0.1) is 0 Å². The normalized spacial score (nSPS) is 12.6. The van der Waals surface area contributed by atoms with E-state index in [1.54, 1.807) is 0 Å². The zero-order valence-electron chi connectivity index (χ0n) is 5.62. The highest BCUT2D eigenvalue weighted by molar-refractivity contribution is 7.29. The zero-order valence-corrected chi connectivity index (χ0v) is 6.51. The molecule has 0 aliphatic heterocycles. The van der Waals surface area contributed by atoms with Gasteiger partial charge >= 0.3 is 5.97 Å². The predicted molar refractivity (Wildman–Crippen MR) is 35.0 cm³/mol. The molecule has 0 saturated heterocycles. The summed E-state index contributed by atoms with van der Waals surface area (Å²) in [5.41, 5.74) is -0.536. The number of methoxy groups -OCH3 is 1. The monoisotopic (exact) mass is 162 g/mol. The molecule has 0 aromatic heterocycles. The van der Waals surface area contributed by atoms with Gasteiger partial charge in [0.25, 0.3) is 0 Å². The third-order valence-corrected chi connectivity index (χ3v) is 1.42. The van der Waals surface area contributed by atoms with E-state index in [1.807, 2.05) is 0 Å². The average molecular weight is 162 g/mol. The van der Waals surface area contributed by atoms with Crippen molar-refractivity contribution in [3.63, 3.8) is 0 Å². The zero-order chi connectivity index (χ0) is 8.15. The van der Waals surface area contributed by atoms with Crippen molar-refractivity contribution >= 4 is 14.4 Å². The van der Waals surface area contributed by atoms with Gasteiger partial charge in [-0.1, -0.05) is 0 Å². The van der Waals surface area contributed by atoms with Crippen molar-refractivity contribution in [2.24, 2.45) is 0 Å². The number of esters is 1. The van der Waals surface area contributed by atoms with Crippen LogP contribution in [0.2, 0.25) is 0 Å². The Morgan fingerprint density at radius 3 is 2.40 bits per heavy atom. The summed E-state index contributed by atoms with van der Waals surface area (Å²) in [6.07, 6.45) is 0. The molecule has 4 nitrogen and oxygen atoms in total. The second-order valence-corrected chi connectivity index (χ2v) is 2.14. The molecule has 0 aromatic rings. The number of hydrogen-bond acceptors (Lipinski definition) is 4. The van der Waals surface area contributed by atoms with Crippen molar-refractivity contribution in [1.82, 2.24) is 0 Å². The van der Waals surface area contributed by atoms with E-state index in [2.05, 4.69) is 4.74 Å². The van der Waals surface area contributed by atoms with E-state index >= 15 is 0 Å². The molecule has 0 atom stereocenters. The topological polar surface area (TPSA) is 63.6 Å². The van der Waals surface area contributed by atoms with E-state index in [0.717, 1.165) is 0 Å². The maximum atomic E-state index is 10.5. The Morgan fingerprint density at radius 2 is 2.10 bits per heavy atom. The lowest BCUT2D eigenvalue weighted by Gasteiger charge is -1.96. The number of aliphatic hydroxyl groups excluding tert-OH is 1. The van der Waals surface area contributed by atoms with Gasteiger partial charge in [-0.3, -0.25) is 4.57 Å². The van der Waals surface area contributed by atoms with E-state index in [9.17, 15) is 9.36 Å². The molecular weight excluding hydrogens is 155 g/mol. The van der Waals surface area contributed by atoms with E-state index in [4.69, 9.17) is 5.11 Å². The summed E-state index contributed by atoms with van der Waals surface area (Å²) in [7, 11) is 0.608. The number of hydrogen-bond donors (Lipinski definition) is 1. The van der Waals surface area contributed by atoms with Crippen molar-refractivity contribution in [1.29, 1.82) is 0 Å². The molecule has 0 rings (SSSR count). The lowest BCUT2D eigenvalue weighted by atomic mass is 10.3. The first kappa shape index (κ1) is 9.11. The fourth-order valence-corrected chi connectivity index (χ4v) is 0.541. The Bertz CT molecular complexity index is 184. The van der Waals surface area contributed by atoms with Crippen molar-refractivity contribution in [2.75, 3.05) is 7.11 Å². The van der Waals surface area contributed by atoms with Gasteiger partial charge < -0.3 is 9.84 Å². The van der Waals surface area contributed by atoms with E-state index in [1.165, 1.54) is 14.0 Å². The Labute approximate surface area is 59.7 Å². The van der Waals surface area contributed by atoms with Crippen molar-refractivity contribution in [2.45, 2.75) is 6.92 Å². The quantitative estimate of drug-likeness (QED) is 0.287. The predicted octanol–water partition coefficient (Wildman–Crippen LogP) is 1.24. The Balaban J connectivity index is 4.45. The van der Waals surface area contributed by atoms with Crippen LogP contribution in [0.3, 0.4) is 0 Å². The number of ether oxygens (including phenoxy) is 1. The summed E-state index contributed by atoms with van der Waals surface area (Å²) in [6.45, 7) is 1.33. The number of carbonyl (C=O) groups is 1. The van der Waals surface area contributed by atoms with Crippen LogP contribution in [-0.4, -0.2) is 18.2 Å². The largest absolute Gasteiger partial charge is 0.501 e. The highest BCUT2D eigenvalue weighted by atomic mass is 31.1. The molecule has 5 heteroatoms. The summed E-state index contributed by atoms with van der Waals surface area (Å²) < 4.78 is 14.2. The van der Waals surface area contributed by atoms with Gasteiger partial charge in [0.05, 0.1) is 12.7 Å². The van der Waals surface area contributed by atoms with Gasteiger partial charge in [0.1, 0.15) is 0 Å². The minimum atomic E-state index is -0.680. The summed E-state index contributed by atoms with van der Waals surface area (Å²) in [5.74, 6) is -0.680. The summed E-state index contributed by atoms with van der Waals surface area (Å²) >= 11 is 0. The van der Waals surface area contributed by atoms with Crippen LogP contribution in [0.4, 0.5) is 0 Å². The average Bonchev–Trinajstić information content (AvgIpc) is 2.00. The lowest BCUT2D eigenvalue weighted by Crippen LogP contribution is -2.02. The maximum absolute atomic E-state index is 10.5. The molecule has 1 N–H and O–H groups in total. The van der Waals surface area contributed by atoms with Gasteiger partial charge in [-0.05, 0) is 6.92 Å². The number of rotatable bonds is 2. The fraction of sp³-hybridized carbons (Fsp3) is 0.400. The van der Waals surface area contributed by atoms with Crippen molar-refractivity contribution in [3.05, 3.63) is 11.1 Å². The van der Waals surface area contributed by atoms with Gasteiger partial charge in [0.2, 0.25) is 8.46 Å². The van der Waals surface area contributed by atoms with Crippen LogP contribution in [0.5, 0.6) is 0 Å². The molecule has 0 bridgehead atoms. The summed E-state index contributed by atoms with van der Waals surface area (Å²) in [5, 5.41) is 8.68. The molecular formula is C5H7O4P. The van der Waals surface area contributed by atoms with Crippen LogP contribution < -0.4 is 0 Å². The van der Waals surface area contributed by atoms with Crippen LogP contribution in [0.15, 0.2) is 11.1 Å². The molecule has 0 heterocycles. The molecule has 0 saturated carbocycles. The molecule has 0 aliphatic rings. The number of aliphatic hydroxyl groups is 1. The maximum Gasteiger partial charge on any atom is 0.337 e. The molecule has 10 heavy (non-hydrogen) atoms. The van der Waals surface area contributed by atoms with Crippen LogP contribution >= 0.6 is 8.46 Å². The first-order valence-electron chi connectivity index (χ1n) is 2.45. The highest BCUT2D eigenvalue weighted by Gasteiger charge is 2.09. The molecule has 0 fully saturated rings. The molecule has 56 valence electrons. The van der Waals surface area contributed by atoms with E-state index in [-0.39, 0.29) is 5.57 Å². The van der Waals surface area contributed by atoms with Gasteiger partial charge in [-0.2, -0.15) is 0 Å². The minimum absolute atomic E-state index is 0.0424. The van der Waals surface area contributed by atoms with Gasteiger partial charge in [-0.25, -0.2) is 4.79 Å². The smallest absolute Gasteiger partial charge is 0.337 e.